The highest BCUT2D eigenvalue weighted by Gasteiger charge is 2.24. The first-order chi connectivity index (χ1) is 11.6. The first-order valence-electron chi connectivity index (χ1n) is 8.76. The van der Waals surface area contributed by atoms with E-state index in [-0.39, 0.29) is 36.2 Å². The predicted octanol–water partition coefficient (Wildman–Crippen LogP) is 1.50. The van der Waals surface area contributed by atoms with Crippen LogP contribution >= 0.6 is 12.4 Å². The zero-order valence-electron chi connectivity index (χ0n) is 14.4. The summed E-state index contributed by atoms with van der Waals surface area (Å²) < 4.78 is 0. The molecule has 0 radical (unpaired) electrons. The van der Waals surface area contributed by atoms with E-state index in [1.807, 2.05) is 24.3 Å². The zero-order valence-corrected chi connectivity index (χ0v) is 15.2. The average Bonchev–Trinajstić information content (AvgIpc) is 3.11. The molecule has 0 saturated carbocycles. The molecule has 0 aliphatic carbocycles. The highest BCUT2D eigenvalue weighted by atomic mass is 35.5. The summed E-state index contributed by atoms with van der Waals surface area (Å²) in [6.45, 7) is 3.46. The number of benzene rings is 1. The van der Waals surface area contributed by atoms with E-state index in [0.717, 1.165) is 57.5 Å². The van der Waals surface area contributed by atoms with Gasteiger partial charge in [-0.3, -0.25) is 14.5 Å². The predicted molar refractivity (Wildman–Crippen MR) is 101 cm³/mol. The summed E-state index contributed by atoms with van der Waals surface area (Å²) >= 11 is 0. The minimum atomic E-state index is -0.196. The number of carbonyl (C=O) groups excluding carboxylic acids is 2. The summed E-state index contributed by atoms with van der Waals surface area (Å²) in [4.78, 5) is 25.7. The molecule has 138 valence electrons. The number of amides is 2. The van der Waals surface area contributed by atoms with Gasteiger partial charge in [0, 0.05) is 18.8 Å². The van der Waals surface area contributed by atoms with Crippen molar-refractivity contribution >= 4 is 29.9 Å². The number of halogens is 1. The molecule has 2 atom stereocenters. The summed E-state index contributed by atoms with van der Waals surface area (Å²) in [5, 5.41) is 6.16. The number of carbonyl (C=O) groups is 2. The summed E-state index contributed by atoms with van der Waals surface area (Å²) in [5.74, 6) is -0.185. The Balaban J connectivity index is 0.00000225. The van der Waals surface area contributed by atoms with Gasteiger partial charge in [0.15, 0.2) is 0 Å². The van der Waals surface area contributed by atoms with Crippen LogP contribution < -0.4 is 16.4 Å². The van der Waals surface area contributed by atoms with Crippen LogP contribution in [0.15, 0.2) is 24.3 Å². The number of nitrogens with zero attached hydrogens (tertiary/aromatic N) is 1. The maximum absolute atomic E-state index is 12.1. The molecule has 0 spiro atoms. The van der Waals surface area contributed by atoms with E-state index in [1.54, 1.807) is 0 Å². The van der Waals surface area contributed by atoms with Gasteiger partial charge in [0.1, 0.15) is 0 Å². The number of rotatable bonds is 5. The van der Waals surface area contributed by atoms with Gasteiger partial charge >= 0.3 is 0 Å². The summed E-state index contributed by atoms with van der Waals surface area (Å²) in [6.07, 6.45) is 3.86. The van der Waals surface area contributed by atoms with Crippen LogP contribution in [0.3, 0.4) is 0 Å². The lowest BCUT2D eigenvalue weighted by atomic mass is 9.97. The molecule has 2 fully saturated rings. The molecule has 25 heavy (non-hydrogen) atoms. The second-order valence-corrected chi connectivity index (χ2v) is 6.81. The van der Waals surface area contributed by atoms with E-state index >= 15 is 0 Å². The lowest BCUT2D eigenvalue weighted by Gasteiger charge is -2.31. The molecule has 2 heterocycles. The lowest BCUT2D eigenvalue weighted by molar-refractivity contribution is -0.123. The van der Waals surface area contributed by atoms with Crippen LogP contribution in [0.5, 0.6) is 0 Å². The summed E-state index contributed by atoms with van der Waals surface area (Å²) in [6, 6.07) is 7.88. The van der Waals surface area contributed by atoms with Crippen LogP contribution in [0.2, 0.25) is 0 Å². The Kier molecular flexibility index (Phi) is 7.23. The maximum Gasteiger partial charge on any atom is 0.241 e. The number of hydrogen-bond donors (Lipinski definition) is 3. The molecule has 0 bridgehead atoms. The average molecular weight is 367 g/mol. The van der Waals surface area contributed by atoms with Gasteiger partial charge in [0.25, 0.3) is 0 Å². The summed E-state index contributed by atoms with van der Waals surface area (Å²) in [5.41, 5.74) is 7.43. The van der Waals surface area contributed by atoms with Crippen molar-refractivity contribution in [2.24, 2.45) is 11.7 Å². The third-order valence-electron chi connectivity index (χ3n) is 4.91. The zero-order chi connectivity index (χ0) is 16.9. The van der Waals surface area contributed by atoms with Crippen LogP contribution in [-0.4, -0.2) is 42.4 Å². The topological polar surface area (TPSA) is 87.5 Å². The van der Waals surface area contributed by atoms with E-state index in [0.29, 0.717) is 0 Å². The molecule has 2 unspecified atom stereocenters. The molecule has 6 nitrogen and oxygen atoms in total. The first kappa shape index (κ1) is 19.7. The number of nitrogens with two attached hydrogens (primary N) is 1. The smallest absolute Gasteiger partial charge is 0.241 e. The number of nitrogens with one attached hydrogen (secondary N) is 2. The highest BCUT2D eigenvalue weighted by Crippen LogP contribution is 2.19. The molecule has 1 aromatic carbocycles. The molecule has 1 aromatic rings. The maximum atomic E-state index is 12.1. The van der Waals surface area contributed by atoms with E-state index < -0.39 is 0 Å². The third kappa shape index (κ3) is 5.42. The number of piperidine rings is 1. The van der Waals surface area contributed by atoms with E-state index in [4.69, 9.17) is 5.73 Å². The molecule has 4 N–H and O–H groups in total. The number of hydrogen-bond acceptors (Lipinski definition) is 4. The molecule has 0 aromatic heterocycles. The Bertz CT molecular complexity index is 587. The molecule has 2 amide bonds. The van der Waals surface area contributed by atoms with Crippen molar-refractivity contribution in [2.75, 3.05) is 25.0 Å². The molecule has 2 saturated heterocycles. The van der Waals surface area contributed by atoms with E-state index in [2.05, 4.69) is 15.5 Å². The number of likely N-dealkylation sites (tertiary alicyclic amines) is 1. The molecule has 2 aliphatic rings. The van der Waals surface area contributed by atoms with Crippen molar-refractivity contribution in [2.45, 2.75) is 38.3 Å². The number of primary amides is 1. The normalized spacial score (nSPS) is 23.7. The van der Waals surface area contributed by atoms with Crippen molar-refractivity contribution in [1.29, 1.82) is 0 Å². The van der Waals surface area contributed by atoms with E-state index in [1.165, 1.54) is 5.56 Å². The highest BCUT2D eigenvalue weighted by molar-refractivity contribution is 5.95. The van der Waals surface area contributed by atoms with Crippen LogP contribution in [0, 0.1) is 5.92 Å². The Morgan fingerprint density at radius 3 is 2.60 bits per heavy atom. The lowest BCUT2D eigenvalue weighted by Crippen LogP contribution is -2.40. The van der Waals surface area contributed by atoms with Gasteiger partial charge < -0.3 is 16.4 Å². The Morgan fingerprint density at radius 1 is 1.20 bits per heavy atom. The van der Waals surface area contributed by atoms with Crippen LogP contribution in [-0.2, 0) is 16.1 Å². The monoisotopic (exact) mass is 366 g/mol. The Morgan fingerprint density at radius 2 is 1.96 bits per heavy atom. The minimum Gasteiger partial charge on any atom is -0.369 e. The van der Waals surface area contributed by atoms with E-state index in [9.17, 15) is 9.59 Å². The Hall–Kier alpha value is -1.63. The molecular formula is C18H27ClN4O2. The van der Waals surface area contributed by atoms with Crippen LogP contribution in [0.25, 0.3) is 0 Å². The third-order valence-corrected chi connectivity index (χ3v) is 4.91. The Labute approximate surface area is 154 Å². The first-order valence-corrected chi connectivity index (χ1v) is 8.76. The second kappa shape index (κ2) is 9.17. The second-order valence-electron chi connectivity index (χ2n) is 6.81. The SMILES string of the molecule is Cl.NC(=O)C1CCCN(Cc2ccc(NC(=O)C3CCCN3)cc2)C1. The van der Waals surface area contributed by atoms with Gasteiger partial charge in [0.05, 0.1) is 12.0 Å². The van der Waals surface area contributed by atoms with Crippen molar-refractivity contribution in [1.82, 2.24) is 10.2 Å². The van der Waals surface area contributed by atoms with Crippen molar-refractivity contribution in [3.63, 3.8) is 0 Å². The largest absolute Gasteiger partial charge is 0.369 e. The standard InChI is InChI=1S/C18H26N4O2.ClH/c19-17(23)14-3-2-10-22(12-14)11-13-5-7-15(8-6-13)21-18(24)16-4-1-9-20-16;/h5-8,14,16,20H,1-4,9-12H2,(H2,19,23)(H,21,24);1H. The van der Waals surface area contributed by atoms with Crippen molar-refractivity contribution < 1.29 is 9.59 Å². The fourth-order valence-corrected chi connectivity index (χ4v) is 3.52. The summed E-state index contributed by atoms with van der Waals surface area (Å²) in [7, 11) is 0. The number of anilines is 1. The fraction of sp³-hybridized carbons (Fsp3) is 0.556. The van der Waals surface area contributed by atoms with Crippen LogP contribution in [0.1, 0.15) is 31.2 Å². The van der Waals surface area contributed by atoms with Gasteiger partial charge in [-0.05, 0) is 56.5 Å². The fourth-order valence-electron chi connectivity index (χ4n) is 3.52. The molecule has 7 heteroatoms. The quantitative estimate of drug-likeness (QED) is 0.736. The molecule has 3 rings (SSSR count). The van der Waals surface area contributed by atoms with Gasteiger partial charge in [-0.1, -0.05) is 12.1 Å². The molecule has 2 aliphatic heterocycles. The molecular weight excluding hydrogens is 340 g/mol. The van der Waals surface area contributed by atoms with Gasteiger partial charge in [-0.15, -0.1) is 12.4 Å². The van der Waals surface area contributed by atoms with Gasteiger partial charge in [-0.25, -0.2) is 0 Å². The van der Waals surface area contributed by atoms with Crippen molar-refractivity contribution in [3.8, 4) is 0 Å². The van der Waals surface area contributed by atoms with Crippen LogP contribution in [0.4, 0.5) is 5.69 Å². The van der Waals surface area contributed by atoms with Crippen molar-refractivity contribution in [3.05, 3.63) is 29.8 Å². The minimum absolute atomic E-state index is 0. The van der Waals surface area contributed by atoms with Gasteiger partial charge in [-0.2, -0.15) is 0 Å². The van der Waals surface area contributed by atoms with Gasteiger partial charge in [0.2, 0.25) is 11.8 Å².